The third-order valence-corrected chi connectivity index (χ3v) is 2.87. The van der Waals surface area contributed by atoms with E-state index in [2.05, 4.69) is 10.3 Å². The Bertz CT molecular complexity index is 440. The van der Waals surface area contributed by atoms with E-state index in [-0.39, 0.29) is 18.2 Å². The van der Waals surface area contributed by atoms with Gasteiger partial charge in [0.2, 0.25) is 0 Å². The zero-order valence-electron chi connectivity index (χ0n) is 11.6. The van der Waals surface area contributed by atoms with Gasteiger partial charge in [0.1, 0.15) is 5.69 Å². The average Bonchev–Trinajstić information content (AvgIpc) is 2.70. The minimum Gasteiger partial charge on any atom is -0.481 e. The highest BCUT2D eigenvalue weighted by atomic mass is 16.4. The van der Waals surface area contributed by atoms with Crippen molar-refractivity contribution in [3.05, 3.63) is 18.2 Å². The normalized spacial score (nSPS) is 12.4. The van der Waals surface area contributed by atoms with Gasteiger partial charge in [-0.3, -0.25) is 9.59 Å². The number of amides is 1. The third-order valence-electron chi connectivity index (χ3n) is 2.87. The Kier molecular flexibility index (Phi) is 5.54. The number of carbonyl (C=O) groups excluding carboxylic acids is 1. The highest BCUT2D eigenvalue weighted by molar-refractivity contribution is 5.92. The number of hydrogen-bond acceptors (Lipinski definition) is 3. The molecular formula is C13H21N3O3. The molecule has 0 radical (unpaired) electrons. The van der Waals surface area contributed by atoms with Crippen LogP contribution in [0.1, 0.15) is 37.2 Å². The van der Waals surface area contributed by atoms with Gasteiger partial charge in [0.05, 0.1) is 12.5 Å². The maximum atomic E-state index is 11.9. The standard InChI is InChI=1S/C13H21N3O3/c1-9(2)4-10(5-12(17)18)6-15-13(19)11-7-14-8-16(11)3/h7-10H,4-6H2,1-3H3,(H,15,19)(H,17,18)/t10-/m0/s1. The number of carboxylic acids is 1. The van der Waals surface area contributed by atoms with Crippen molar-refractivity contribution in [2.45, 2.75) is 26.7 Å². The summed E-state index contributed by atoms with van der Waals surface area (Å²) in [6, 6.07) is 0. The molecule has 0 aliphatic rings. The summed E-state index contributed by atoms with van der Waals surface area (Å²) in [4.78, 5) is 26.5. The van der Waals surface area contributed by atoms with Crippen molar-refractivity contribution in [3.8, 4) is 0 Å². The van der Waals surface area contributed by atoms with Gasteiger partial charge in [0, 0.05) is 20.0 Å². The van der Waals surface area contributed by atoms with Crippen LogP contribution in [0.25, 0.3) is 0 Å². The Hall–Kier alpha value is -1.85. The van der Waals surface area contributed by atoms with Crippen molar-refractivity contribution in [1.82, 2.24) is 14.9 Å². The summed E-state index contributed by atoms with van der Waals surface area (Å²) in [7, 11) is 1.74. The molecular weight excluding hydrogens is 246 g/mol. The smallest absolute Gasteiger partial charge is 0.303 e. The van der Waals surface area contributed by atoms with Crippen LogP contribution in [-0.4, -0.2) is 33.1 Å². The van der Waals surface area contributed by atoms with Crippen molar-refractivity contribution >= 4 is 11.9 Å². The third kappa shape index (κ3) is 5.11. The first-order valence-corrected chi connectivity index (χ1v) is 6.36. The van der Waals surface area contributed by atoms with E-state index >= 15 is 0 Å². The van der Waals surface area contributed by atoms with E-state index in [1.807, 2.05) is 13.8 Å². The first kappa shape index (κ1) is 15.2. The Labute approximate surface area is 112 Å². The SMILES string of the molecule is CC(C)C[C@H](CNC(=O)c1cncn1C)CC(=O)O. The second-order valence-electron chi connectivity index (χ2n) is 5.19. The van der Waals surface area contributed by atoms with Crippen LogP contribution in [0, 0.1) is 11.8 Å². The van der Waals surface area contributed by atoms with Crippen LogP contribution in [0.5, 0.6) is 0 Å². The lowest BCUT2D eigenvalue weighted by molar-refractivity contribution is -0.138. The zero-order chi connectivity index (χ0) is 14.4. The molecule has 0 aromatic carbocycles. The Morgan fingerprint density at radius 2 is 2.16 bits per heavy atom. The van der Waals surface area contributed by atoms with Crippen LogP contribution < -0.4 is 5.32 Å². The predicted molar refractivity (Wildman–Crippen MR) is 70.7 cm³/mol. The minimum absolute atomic E-state index is 0.0466. The fourth-order valence-electron chi connectivity index (χ4n) is 2.06. The number of aryl methyl sites for hydroxylation is 1. The Balaban J connectivity index is 2.53. The lowest BCUT2D eigenvalue weighted by atomic mass is 9.94. The molecule has 1 aromatic heterocycles. The van der Waals surface area contributed by atoms with Crippen molar-refractivity contribution < 1.29 is 14.7 Å². The molecule has 0 aliphatic carbocycles. The van der Waals surface area contributed by atoms with Gasteiger partial charge in [-0.2, -0.15) is 0 Å². The molecule has 6 nitrogen and oxygen atoms in total. The van der Waals surface area contributed by atoms with Gasteiger partial charge in [-0.15, -0.1) is 0 Å². The van der Waals surface area contributed by atoms with E-state index in [1.54, 1.807) is 17.9 Å². The zero-order valence-corrected chi connectivity index (χ0v) is 11.6. The molecule has 0 fully saturated rings. The number of imidazole rings is 1. The monoisotopic (exact) mass is 267 g/mol. The first-order chi connectivity index (χ1) is 8.90. The predicted octanol–water partition coefficient (Wildman–Crippen LogP) is 1.29. The van der Waals surface area contributed by atoms with Crippen molar-refractivity contribution in [1.29, 1.82) is 0 Å². The Morgan fingerprint density at radius 1 is 1.47 bits per heavy atom. The van der Waals surface area contributed by atoms with Gasteiger partial charge < -0.3 is 15.0 Å². The van der Waals surface area contributed by atoms with Gasteiger partial charge >= 0.3 is 5.97 Å². The van der Waals surface area contributed by atoms with Gasteiger partial charge in [-0.1, -0.05) is 13.8 Å². The second-order valence-corrected chi connectivity index (χ2v) is 5.19. The van der Waals surface area contributed by atoms with Gasteiger partial charge in [-0.25, -0.2) is 4.98 Å². The van der Waals surface area contributed by atoms with E-state index < -0.39 is 5.97 Å². The maximum absolute atomic E-state index is 11.9. The maximum Gasteiger partial charge on any atom is 0.303 e. The first-order valence-electron chi connectivity index (χ1n) is 6.36. The topological polar surface area (TPSA) is 84.2 Å². The van der Waals surface area contributed by atoms with Gasteiger partial charge in [0.25, 0.3) is 5.91 Å². The highest BCUT2D eigenvalue weighted by Crippen LogP contribution is 2.14. The molecule has 0 saturated heterocycles. The second kappa shape index (κ2) is 6.92. The molecule has 1 rings (SSSR count). The summed E-state index contributed by atoms with van der Waals surface area (Å²) in [6.07, 6.45) is 3.89. The molecule has 6 heteroatoms. The summed E-state index contributed by atoms with van der Waals surface area (Å²) in [5.74, 6) is -0.702. The number of carboxylic acid groups (broad SMARTS) is 1. The largest absolute Gasteiger partial charge is 0.481 e. The molecule has 1 atom stereocenters. The van der Waals surface area contributed by atoms with Crippen molar-refractivity contribution in [2.75, 3.05) is 6.54 Å². The van der Waals surface area contributed by atoms with E-state index in [1.165, 1.54) is 6.20 Å². The molecule has 1 heterocycles. The summed E-state index contributed by atoms with van der Waals surface area (Å²) in [5, 5.41) is 11.6. The van der Waals surface area contributed by atoms with E-state index in [0.717, 1.165) is 6.42 Å². The number of rotatable bonds is 7. The van der Waals surface area contributed by atoms with Gasteiger partial charge in [0.15, 0.2) is 0 Å². The number of aromatic nitrogens is 2. The Morgan fingerprint density at radius 3 is 2.63 bits per heavy atom. The lowest BCUT2D eigenvalue weighted by Gasteiger charge is -2.17. The van der Waals surface area contributed by atoms with E-state index in [0.29, 0.717) is 18.2 Å². The highest BCUT2D eigenvalue weighted by Gasteiger charge is 2.17. The molecule has 1 amide bonds. The summed E-state index contributed by atoms with van der Waals surface area (Å²) in [5.41, 5.74) is 0.471. The van der Waals surface area contributed by atoms with Crippen LogP contribution in [0.2, 0.25) is 0 Å². The molecule has 0 bridgehead atoms. The average molecular weight is 267 g/mol. The summed E-state index contributed by atoms with van der Waals surface area (Å²) < 4.78 is 1.63. The number of carbonyl (C=O) groups is 2. The van der Waals surface area contributed by atoms with E-state index in [4.69, 9.17) is 5.11 Å². The van der Waals surface area contributed by atoms with Gasteiger partial charge in [-0.05, 0) is 18.3 Å². The molecule has 1 aromatic rings. The molecule has 0 aliphatic heterocycles. The summed E-state index contributed by atoms with van der Waals surface area (Å²) >= 11 is 0. The van der Waals surface area contributed by atoms with Crippen molar-refractivity contribution in [3.63, 3.8) is 0 Å². The fraction of sp³-hybridized carbons (Fsp3) is 0.615. The molecule has 19 heavy (non-hydrogen) atoms. The molecule has 0 spiro atoms. The molecule has 106 valence electrons. The quantitative estimate of drug-likeness (QED) is 0.779. The number of aliphatic carboxylic acids is 1. The van der Waals surface area contributed by atoms with Crippen LogP contribution in [0.3, 0.4) is 0 Å². The number of hydrogen-bond donors (Lipinski definition) is 2. The van der Waals surface area contributed by atoms with Crippen LogP contribution in [0.4, 0.5) is 0 Å². The van der Waals surface area contributed by atoms with Crippen molar-refractivity contribution in [2.24, 2.45) is 18.9 Å². The molecule has 0 unspecified atom stereocenters. The minimum atomic E-state index is -0.833. The molecule has 2 N–H and O–H groups in total. The summed E-state index contributed by atoms with van der Waals surface area (Å²) in [6.45, 7) is 4.45. The van der Waals surface area contributed by atoms with Crippen LogP contribution in [0.15, 0.2) is 12.5 Å². The molecule has 0 saturated carbocycles. The van der Waals surface area contributed by atoms with E-state index in [9.17, 15) is 9.59 Å². The lowest BCUT2D eigenvalue weighted by Crippen LogP contribution is -2.32. The van der Waals surface area contributed by atoms with Crippen LogP contribution in [-0.2, 0) is 11.8 Å². The number of nitrogens with one attached hydrogen (secondary N) is 1. The fourth-order valence-corrected chi connectivity index (χ4v) is 2.06. The number of nitrogens with zero attached hydrogens (tertiary/aromatic N) is 2. The van der Waals surface area contributed by atoms with Crippen LogP contribution >= 0.6 is 0 Å².